The van der Waals surface area contributed by atoms with Crippen molar-refractivity contribution in [2.45, 2.75) is 33.2 Å². The summed E-state index contributed by atoms with van der Waals surface area (Å²) in [6.07, 6.45) is 0. The van der Waals surface area contributed by atoms with Crippen molar-refractivity contribution in [3.8, 4) is 0 Å². The van der Waals surface area contributed by atoms with Gasteiger partial charge in [0.15, 0.2) is 0 Å². The number of hydrogen-bond acceptors (Lipinski definition) is 4. The second-order valence-corrected chi connectivity index (χ2v) is 6.96. The number of aryl methyl sites for hydroxylation is 1. The maximum atomic E-state index is 12.7. The molecule has 8 nitrogen and oxygen atoms in total. The van der Waals surface area contributed by atoms with Gasteiger partial charge in [0, 0.05) is 6.54 Å². The second-order valence-electron chi connectivity index (χ2n) is 6.96. The summed E-state index contributed by atoms with van der Waals surface area (Å²) in [5.74, 6) is -1.04. The number of carbonyl (C=O) groups excluding carboxylic acids is 4. The third-order valence-corrected chi connectivity index (χ3v) is 4.13. The molecule has 0 aliphatic carbocycles. The highest BCUT2D eigenvalue weighted by atomic mass is 16.2. The normalized spacial score (nSPS) is 19.5. The Morgan fingerprint density at radius 3 is 2.38 bits per heavy atom. The smallest absolute Gasteiger partial charge is 0.325 e. The zero-order chi connectivity index (χ0) is 19.5. The van der Waals surface area contributed by atoms with E-state index in [0.29, 0.717) is 12.1 Å². The average Bonchev–Trinajstić information content (AvgIpc) is 2.77. The monoisotopic (exact) mass is 360 g/mol. The van der Waals surface area contributed by atoms with Gasteiger partial charge in [-0.25, -0.2) is 9.59 Å². The molecule has 1 fully saturated rings. The molecule has 6 amide bonds. The molecule has 1 atom stereocenters. The lowest BCUT2D eigenvalue weighted by Crippen LogP contribution is -2.47. The van der Waals surface area contributed by atoms with E-state index in [4.69, 9.17) is 0 Å². The predicted octanol–water partition coefficient (Wildman–Crippen LogP) is 1.24. The van der Waals surface area contributed by atoms with Crippen molar-refractivity contribution in [2.75, 3.05) is 13.1 Å². The summed E-state index contributed by atoms with van der Waals surface area (Å²) < 4.78 is 0. The van der Waals surface area contributed by atoms with E-state index < -0.39 is 36.0 Å². The van der Waals surface area contributed by atoms with Crippen molar-refractivity contribution in [3.05, 3.63) is 35.4 Å². The fraction of sp³-hybridized carbons (Fsp3) is 0.444. The molecule has 140 valence electrons. The summed E-state index contributed by atoms with van der Waals surface area (Å²) in [6.45, 7) is 7.23. The number of carbonyl (C=O) groups is 4. The number of nitrogens with one attached hydrogen (secondary N) is 3. The fourth-order valence-corrected chi connectivity index (χ4v) is 2.57. The van der Waals surface area contributed by atoms with E-state index in [0.717, 1.165) is 10.5 Å². The maximum Gasteiger partial charge on any atom is 0.325 e. The highest BCUT2D eigenvalue weighted by Crippen LogP contribution is 2.28. The summed E-state index contributed by atoms with van der Waals surface area (Å²) in [5.41, 5.74) is 0.405. The molecular weight excluding hydrogens is 336 g/mol. The SMILES string of the molecule is Cc1ccc([C@]2(C)NC(=O)N(CC(=O)NC(=O)NCC(C)C)C2=O)cc1. The fourth-order valence-electron chi connectivity index (χ4n) is 2.57. The number of imide groups is 2. The zero-order valence-electron chi connectivity index (χ0n) is 15.4. The van der Waals surface area contributed by atoms with Gasteiger partial charge in [-0.2, -0.15) is 0 Å². The van der Waals surface area contributed by atoms with E-state index in [2.05, 4.69) is 16.0 Å². The van der Waals surface area contributed by atoms with Crippen LogP contribution in [-0.2, 0) is 15.1 Å². The Morgan fingerprint density at radius 2 is 1.81 bits per heavy atom. The van der Waals surface area contributed by atoms with Crippen LogP contribution in [0.2, 0.25) is 0 Å². The van der Waals surface area contributed by atoms with Crippen LogP contribution in [0.5, 0.6) is 0 Å². The lowest BCUT2D eigenvalue weighted by molar-refractivity contribution is -0.134. The average molecular weight is 360 g/mol. The summed E-state index contributed by atoms with van der Waals surface area (Å²) in [5, 5.41) is 7.27. The molecule has 0 spiro atoms. The highest BCUT2D eigenvalue weighted by Gasteiger charge is 2.49. The van der Waals surface area contributed by atoms with Crippen LogP contribution in [0, 0.1) is 12.8 Å². The summed E-state index contributed by atoms with van der Waals surface area (Å²) >= 11 is 0. The van der Waals surface area contributed by atoms with E-state index in [1.54, 1.807) is 19.1 Å². The van der Waals surface area contributed by atoms with Crippen LogP contribution < -0.4 is 16.0 Å². The number of nitrogens with zero attached hydrogens (tertiary/aromatic N) is 1. The van der Waals surface area contributed by atoms with Crippen LogP contribution in [0.1, 0.15) is 31.9 Å². The third kappa shape index (κ3) is 4.19. The van der Waals surface area contributed by atoms with Crippen LogP contribution in [0.3, 0.4) is 0 Å². The molecule has 0 aromatic heterocycles. The largest absolute Gasteiger partial charge is 0.338 e. The van der Waals surface area contributed by atoms with E-state index in [1.165, 1.54) is 0 Å². The Balaban J connectivity index is 2.03. The first kappa shape index (κ1) is 19.4. The Bertz CT molecular complexity index is 729. The lowest BCUT2D eigenvalue weighted by atomic mass is 9.91. The molecule has 1 heterocycles. The van der Waals surface area contributed by atoms with Gasteiger partial charge in [0.25, 0.3) is 5.91 Å². The molecule has 1 aromatic carbocycles. The molecule has 1 aromatic rings. The van der Waals surface area contributed by atoms with Crippen LogP contribution in [0.4, 0.5) is 9.59 Å². The molecule has 0 bridgehead atoms. The maximum absolute atomic E-state index is 12.7. The summed E-state index contributed by atoms with van der Waals surface area (Å²) in [6, 6.07) is 5.88. The van der Waals surface area contributed by atoms with Gasteiger partial charge in [-0.3, -0.25) is 19.8 Å². The van der Waals surface area contributed by atoms with Gasteiger partial charge < -0.3 is 10.6 Å². The minimum atomic E-state index is -1.25. The molecule has 0 saturated carbocycles. The van der Waals surface area contributed by atoms with Gasteiger partial charge in [0.05, 0.1) is 0 Å². The number of rotatable bonds is 5. The van der Waals surface area contributed by atoms with Crippen molar-refractivity contribution in [3.63, 3.8) is 0 Å². The minimum Gasteiger partial charge on any atom is -0.338 e. The van der Waals surface area contributed by atoms with E-state index in [1.807, 2.05) is 32.9 Å². The molecule has 8 heteroatoms. The standard InChI is InChI=1S/C18H24N4O4/c1-11(2)9-19-16(25)20-14(23)10-22-15(24)18(4,21-17(22)26)13-7-5-12(3)6-8-13/h5-8,11H,9-10H2,1-4H3,(H,21,26)(H2,19,20,23,25)/t18-/m0/s1. The number of benzene rings is 1. The number of urea groups is 2. The van der Waals surface area contributed by atoms with Gasteiger partial charge in [0.1, 0.15) is 12.1 Å². The van der Waals surface area contributed by atoms with Gasteiger partial charge in [-0.15, -0.1) is 0 Å². The molecule has 1 saturated heterocycles. The first-order valence-electron chi connectivity index (χ1n) is 8.42. The van der Waals surface area contributed by atoms with E-state index in [9.17, 15) is 19.2 Å². The van der Waals surface area contributed by atoms with Crippen molar-refractivity contribution in [2.24, 2.45) is 5.92 Å². The predicted molar refractivity (Wildman–Crippen MR) is 95.2 cm³/mol. The second kappa shape index (κ2) is 7.55. The molecule has 3 N–H and O–H groups in total. The molecular formula is C18H24N4O4. The van der Waals surface area contributed by atoms with Crippen molar-refractivity contribution < 1.29 is 19.2 Å². The Hall–Kier alpha value is -2.90. The van der Waals surface area contributed by atoms with Crippen molar-refractivity contribution in [1.29, 1.82) is 0 Å². The van der Waals surface area contributed by atoms with Crippen molar-refractivity contribution in [1.82, 2.24) is 20.9 Å². The van der Waals surface area contributed by atoms with Crippen LogP contribution >= 0.6 is 0 Å². The molecule has 0 radical (unpaired) electrons. The molecule has 26 heavy (non-hydrogen) atoms. The topological polar surface area (TPSA) is 108 Å². The van der Waals surface area contributed by atoms with E-state index in [-0.39, 0.29) is 5.92 Å². The minimum absolute atomic E-state index is 0.233. The van der Waals surface area contributed by atoms with Gasteiger partial charge in [-0.05, 0) is 25.3 Å². The van der Waals surface area contributed by atoms with Gasteiger partial charge in [0.2, 0.25) is 5.91 Å². The molecule has 0 unspecified atom stereocenters. The number of hydrogen-bond donors (Lipinski definition) is 3. The Kier molecular flexibility index (Phi) is 5.64. The first-order valence-corrected chi connectivity index (χ1v) is 8.42. The molecule has 2 rings (SSSR count). The van der Waals surface area contributed by atoms with Crippen molar-refractivity contribution >= 4 is 23.9 Å². The zero-order valence-corrected chi connectivity index (χ0v) is 15.4. The summed E-state index contributed by atoms with van der Waals surface area (Å²) in [7, 11) is 0. The van der Waals surface area contributed by atoms with Crippen LogP contribution in [0.15, 0.2) is 24.3 Å². The van der Waals surface area contributed by atoms with E-state index >= 15 is 0 Å². The highest BCUT2D eigenvalue weighted by molar-refractivity contribution is 6.10. The Labute approximate surface area is 152 Å². The molecule has 1 aliphatic heterocycles. The Morgan fingerprint density at radius 1 is 1.19 bits per heavy atom. The van der Waals surface area contributed by atoms with Gasteiger partial charge >= 0.3 is 12.1 Å². The van der Waals surface area contributed by atoms with Crippen LogP contribution in [-0.4, -0.2) is 41.9 Å². The quantitative estimate of drug-likeness (QED) is 0.687. The summed E-state index contributed by atoms with van der Waals surface area (Å²) in [4.78, 5) is 49.3. The molecule has 1 aliphatic rings. The third-order valence-electron chi connectivity index (χ3n) is 4.13. The lowest BCUT2D eigenvalue weighted by Gasteiger charge is -2.22. The van der Waals surface area contributed by atoms with Gasteiger partial charge in [-0.1, -0.05) is 43.7 Å². The van der Waals surface area contributed by atoms with Crippen LogP contribution in [0.25, 0.3) is 0 Å². The number of amides is 6. The first-order chi connectivity index (χ1) is 12.1.